The van der Waals surface area contributed by atoms with Crippen LogP contribution in [0.4, 0.5) is 18.9 Å². The summed E-state index contributed by atoms with van der Waals surface area (Å²) in [6, 6.07) is 5.50. The maximum absolute atomic E-state index is 11.9. The molecule has 0 spiro atoms. The molecule has 0 saturated heterocycles. The molecule has 0 unspecified atom stereocenters. The van der Waals surface area contributed by atoms with Gasteiger partial charge in [-0.2, -0.15) is 0 Å². The second-order valence-electron chi connectivity index (χ2n) is 3.46. The van der Waals surface area contributed by atoms with Crippen LogP contribution in [0.3, 0.4) is 0 Å². The van der Waals surface area contributed by atoms with E-state index in [1.54, 1.807) is 12.4 Å². The molecule has 2 rings (SSSR count). The van der Waals surface area contributed by atoms with E-state index in [0.29, 0.717) is 12.2 Å². The van der Waals surface area contributed by atoms with Crippen molar-refractivity contribution in [2.45, 2.75) is 12.9 Å². The van der Waals surface area contributed by atoms with Crippen LogP contribution < -0.4 is 10.1 Å². The molecule has 7 heteroatoms. The maximum atomic E-state index is 11.9. The van der Waals surface area contributed by atoms with Gasteiger partial charge < -0.3 is 15.0 Å². The van der Waals surface area contributed by atoms with Crippen molar-refractivity contribution >= 4 is 5.69 Å². The highest BCUT2D eigenvalue weighted by molar-refractivity contribution is 5.46. The number of anilines is 1. The normalized spacial score (nSPS) is 11.3. The number of nitrogens with zero attached hydrogens (tertiary/aromatic N) is 1. The Morgan fingerprint density at radius 1 is 1.22 bits per heavy atom. The van der Waals surface area contributed by atoms with Crippen LogP contribution in [0.1, 0.15) is 5.82 Å². The quantitative estimate of drug-likeness (QED) is 0.885. The zero-order valence-corrected chi connectivity index (χ0v) is 9.16. The Kier molecular flexibility index (Phi) is 3.40. The number of imidazole rings is 1. The number of aromatic amines is 1. The number of H-pyrrole nitrogens is 1. The number of rotatable bonds is 4. The highest BCUT2D eigenvalue weighted by atomic mass is 19.4. The fourth-order valence-corrected chi connectivity index (χ4v) is 1.35. The zero-order valence-electron chi connectivity index (χ0n) is 9.16. The molecule has 96 valence electrons. The van der Waals surface area contributed by atoms with E-state index in [-0.39, 0.29) is 5.75 Å². The largest absolute Gasteiger partial charge is 0.573 e. The summed E-state index contributed by atoms with van der Waals surface area (Å²) in [7, 11) is 0. The minimum absolute atomic E-state index is 0.244. The predicted octanol–water partition coefficient (Wildman–Crippen LogP) is 2.92. The number of hydrogen-bond acceptors (Lipinski definition) is 3. The van der Waals surface area contributed by atoms with Crippen molar-refractivity contribution < 1.29 is 17.9 Å². The van der Waals surface area contributed by atoms with Crippen LogP contribution in [0, 0.1) is 0 Å². The van der Waals surface area contributed by atoms with Gasteiger partial charge in [0.2, 0.25) is 0 Å². The molecule has 0 saturated carbocycles. The third kappa shape index (κ3) is 3.69. The lowest BCUT2D eigenvalue weighted by molar-refractivity contribution is -0.274. The molecule has 1 heterocycles. The lowest BCUT2D eigenvalue weighted by atomic mass is 10.3. The van der Waals surface area contributed by atoms with Crippen LogP contribution in [0.5, 0.6) is 5.75 Å². The Morgan fingerprint density at radius 3 is 2.50 bits per heavy atom. The molecule has 2 aromatic rings. The number of halogens is 3. The lowest BCUT2D eigenvalue weighted by Crippen LogP contribution is -2.17. The monoisotopic (exact) mass is 257 g/mol. The van der Waals surface area contributed by atoms with Crippen molar-refractivity contribution in [3.63, 3.8) is 0 Å². The van der Waals surface area contributed by atoms with E-state index in [0.717, 1.165) is 5.82 Å². The first-order chi connectivity index (χ1) is 8.53. The van der Waals surface area contributed by atoms with Crippen molar-refractivity contribution in [2.75, 3.05) is 5.32 Å². The van der Waals surface area contributed by atoms with Crippen LogP contribution in [0.2, 0.25) is 0 Å². The maximum Gasteiger partial charge on any atom is 0.573 e. The molecule has 18 heavy (non-hydrogen) atoms. The van der Waals surface area contributed by atoms with Gasteiger partial charge in [0.15, 0.2) is 0 Å². The Bertz CT molecular complexity index is 479. The molecule has 0 atom stereocenters. The van der Waals surface area contributed by atoms with Gasteiger partial charge >= 0.3 is 6.36 Å². The minimum atomic E-state index is -4.66. The molecule has 0 aliphatic heterocycles. The van der Waals surface area contributed by atoms with E-state index in [1.807, 2.05) is 0 Å². The lowest BCUT2D eigenvalue weighted by Gasteiger charge is -2.09. The van der Waals surface area contributed by atoms with E-state index in [2.05, 4.69) is 20.0 Å². The molecule has 0 fully saturated rings. The van der Waals surface area contributed by atoms with Gasteiger partial charge in [0.1, 0.15) is 11.6 Å². The van der Waals surface area contributed by atoms with Gasteiger partial charge in [-0.1, -0.05) is 0 Å². The highest BCUT2D eigenvalue weighted by Gasteiger charge is 2.30. The minimum Gasteiger partial charge on any atom is -0.406 e. The standard InChI is InChI=1S/C11H10F3N3O/c12-11(13,14)18-9-3-1-8(2-4-9)17-7-10-15-5-6-16-10/h1-6,17H,7H2,(H,15,16). The van der Waals surface area contributed by atoms with Crippen LogP contribution in [0.15, 0.2) is 36.7 Å². The first-order valence-electron chi connectivity index (χ1n) is 5.11. The third-order valence-electron chi connectivity index (χ3n) is 2.10. The number of benzene rings is 1. The van der Waals surface area contributed by atoms with Crippen molar-refractivity contribution in [1.29, 1.82) is 0 Å². The average molecular weight is 257 g/mol. The highest BCUT2D eigenvalue weighted by Crippen LogP contribution is 2.23. The number of ether oxygens (including phenoxy) is 1. The smallest absolute Gasteiger partial charge is 0.406 e. The van der Waals surface area contributed by atoms with Crippen molar-refractivity contribution in [3.05, 3.63) is 42.5 Å². The Hall–Kier alpha value is -2.18. The second-order valence-corrected chi connectivity index (χ2v) is 3.46. The van der Waals surface area contributed by atoms with Crippen molar-refractivity contribution in [1.82, 2.24) is 9.97 Å². The molecule has 0 aliphatic rings. The topological polar surface area (TPSA) is 49.9 Å². The Labute approximate surface area is 101 Å². The molecule has 0 radical (unpaired) electrons. The third-order valence-corrected chi connectivity index (χ3v) is 2.10. The van der Waals surface area contributed by atoms with Gasteiger partial charge in [-0.25, -0.2) is 4.98 Å². The second kappa shape index (κ2) is 4.99. The molecule has 2 N–H and O–H groups in total. The molecular formula is C11H10F3N3O. The summed E-state index contributed by atoms with van der Waals surface area (Å²) in [5, 5.41) is 3.01. The molecular weight excluding hydrogens is 247 g/mol. The van der Waals surface area contributed by atoms with Crippen molar-refractivity contribution in [2.24, 2.45) is 0 Å². The summed E-state index contributed by atoms with van der Waals surface area (Å²) in [4.78, 5) is 6.91. The summed E-state index contributed by atoms with van der Waals surface area (Å²) in [5.74, 6) is 0.497. The van der Waals surface area contributed by atoms with E-state index in [4.69, 9.17) is 0 Å². The first kappa shape index (κ1) is 12.3. The van der Waals surface area contributed by atoms with E-state index in [9.17, 15) is 13.2 Å². The Balaban J connectivity index is 1.91. The van der Waals surface area contributed by atoms with Gasteiger partial charge in [0, 0.05) is 18.1 Å². The summed E-state index contributed by atoms with van der Waals surface area (Å²) in [5.41, 5.74) is 0.681. The molecule has 0 amide bonds. The Morgan fingerprint density at radius 2 is 1.94 bits per heavy atom. The SMILES string of the molecule is FC(F)(F)Oc1ccc(NCc2ncc[nH]2)cc1. The molecule has 1 aromatic carbocycles. The van der Waals surface area contributed by atoms with Gasteiger partial charge in [0.25, 0.3) is 0 Å². The number of nitrogens with one attached hydrogen (secondary N) is 2. The van der Waals surface area contributed by atoms with Crippen LogP contribution in [-0.4, -0.2) is 16.3 Å². The zero-order chi connectivity index (χ0) is 13.0. The summed E-state index contributed by atoms with van der Waals surface area (Å²) in [6.07, 6.45) is -1.35. The molecule has 1 aromatic heterocycles. The molecule has 0 aliphatic carbocycles. The number of aromatic nitrogens is 2. The first-order valence-corrected chi connectivity index (χ1v) is 5.11. The number of alkyl halides is 3. The van der Waals surface area contributed by atoms with Gasteiger partial charge in [-0.3, -0.25) is 0 Å². The fraction of sp³-hybridized carbons (Fsp3) is 0.182. The van der Waals surface area contributed by atoms with Crippen LogP contribution in [-0.2, 0) is 6.54 Å². The molecule has 4 nitrogen and oxygen atoms in total. The van der Waals surface area contributed by atoms with E-state index in [1.165, 1.54) is 24.3 Å². The van der Waals surface area contributed by atoms with Crippen LogP contribution >= 0.6 is 0 Å². The fourth-order valence-electron chi connectivity index (χ4n) is 1.35. The van der Waals surface area contributed by atoms with Gasteiger partial charge in [-0.05, 0) is 24.3 Å². The van der Waals surface area contributed by atoms with E-state index < -0.39 is 6.36 Å². The van der Waals surface area contributed by atoms with Gasteiger partial charge in [0.05, 0.1) is 6.54 Å². The summed E-state index contributed by atoms with van der Waals surface area (Å²) in [6.45, 7) is 0.465. The van der Waals surface area contributed by atoms with Gasteiger partial charge in [-0.15, -0.1) is 13.2 Å². The summed E-state index contributed by atoms with van der Waals surface area (Å²) >= 11 is 0. The van der Waals surface area contributed by atoms with E-state index >= 15 is 0 Å². The molecule has 0 bridgehead atoms. The number of hydrogen-bond donors (Lipinski definition) is 2. The predicted molar refractivity (Wildman–Crippen MR) is 59.0 cm³/mol. The van der Waals surface area contributed by atoms with Crippen LogP contribution in [0.25, 0.3) is 0 Å². The average Bonchev–Trinajstić information content (AvgIpc) is 2.79. The summed E-state index contributed by atoms with van der Waals surface area (Å²) < 4.78 is 39.5. The van der Waals surface area contributed by atoms with Crippen molar-refractivity contribution in [3.8, 4) is 5.75 Å².